The minimum absolute atomic E-state index is 0.235. The number of hydrogen-bond donors (Lipinski definition) is 1. The third-order valence-electron chi connectivity index (χ3n) is 5.52. The van der Waals surface area contributed by atoms with Gasteiger partial charge in [-0.05, 0) is 65.4 Å². The van der Waals surface area contributed by atoms with Gasteiger partial charge in [-0.25, -0.2) is 9.37 Å². The molecule has 2 heterocycles. The van der Waals surface area contributed by atoms with E-state index in [0.29, 0.717) is 6.54 Å². The normalized spacial score (nSPS) is 10.9. The van der Waals surface area contributed by atoms with Gasteiger partial charge in [0, 0.05) is 29.9 Å². The van der Waals surface area contributed by atoms with Crippen LogP contribution < -0.4 is 5.32 Å². The van der Waals surface area contributed by atoms with Crippen molar-refractivity contribution in [3.05, 3.63) is 114 Å². The molecule has 3 nitrogen and oxygen atoms in total. The molecule has 0 aliphatic carbocycles. The number of fused-ring (bicyclic) bond motifs is 1. The second kappa shape index (κ2) is 8.60. The molecule has 0 saturated carbocycles. The molecule has 32 heavy (non-hydrogen) atoms. The molecule has 5 aromatic rings. The Morgan fingerprint density at radius 2 is 1.62 bits per heavy atom. The zero-order valence-corrected chi connectivity index (χ0v) is 17.7. The average molecular weight is 420 g/mol. The Morgan fingerprint density at radius 1 is 0.781 bits per heavy atom. The van der Waals surface area contributed by atoms with Crippen LogP contribution in [0.25, 0.3) is 33.2 Å². The molecule has 0 unspecified atom stereocenters. The standard InChI is InChI=1S/C28H22FN3/c1-19-4-2-6-24(14-19)27-11-8-20(17-31-27)18-32-28-26-10-9-22(15-23(26)12-13-30-28)21-5-3-7-25(29)16-21/h2-17H,18H2,1H3,(H,30,32). The van der Waals surface area contributed by atoms with E-state index in [1.807, 2.05) is 42.6 Å². The highest BCUT2D eigenvalue weighted by atomic mass is 19.1. The predicted octanol–water partition coefficient (Wildman–Crippen LogP) is 7.02. The number of halogens is 1. The fourth-order valence-electron chi connectivity index (χ4n) is 3.86. The summed E-state index contributed by atoms with van der Waals surface area (Å²) in [5, 5.41) is 5.51. The Kier molecular flexibility index (Phi) is 5.34. The minimum atomic E-state index is -0.235. The molecule has 0 radical (unpaired) electrons. The fourth-order valence-corrected chi connectivity index (χ4v) is 3.86. The van der Waals surface area contributed by atoms with E-state index in [9.17, 15) is 4.39 Å². The summed E-state index contributed by atoms with van der Waals surface area (Å²) < 4.78 is 13.6. The highest BCUT2D eigenvalue weighted by Crippen LogP contribution is 2.28. The van der Waals surface area contributed by atoms with E-state index >= 15 is 0 Å². The summed E-state index contributed by atoms with van der Waals surface area (Å²) in [6.07, 6.45) is 3.69. The van der Waals surface area contributed by atoms with Crippen LogP contribution in [0.2, 0.25) is 0 Å². The highest BCUT2D eigenvalue weighted by molar-refractivity contribution is 5.94. The van der Waals surface area contributed by atoms with Gasteiger partial charge in [0.25, 0.3) is 0 Å². The fraction of sp³-hybridized carbons (Fsp3) is 0.0714. The van der Waals surface area contributed by atoms with Crippen LogP contribution in [0.1, 0.15) is 11.1 Å². The Hall–Kier alpha value is -4.05. The summed E-state index contributed by atoms with van der Waals surface area (Å²) >= 11 is 0. The average Bonchev–Trinajstić information content (AvgIpc) is 2.82. The zero-order chi connectivity index (χ0) is 21.9. The Morgan fingerprint density at radius 3 is 2.44 bits per heavy atom. The number of aryl methyl sites for hydroxylation is 1. The lowest BCUT2D eigenvalue weighted by molar-refractivity contribution is 0.628. The molecule has 1 N–H and O–H groups in total. The van der Waals surface area contributed by atoms with Crippen molar-refractivity contribution >= 4 is 16.6 Å². The van der Waals surface area contributed by atoms with E-state index in [-0.39, 0.29) is 5.82 Å². The van der Waals surface area contributed by atoms with E-state index in [1.54, 1.807) is 18.3 Å². The van der Waals surface area contributed by atoms with Crippen molar-refractivity contribution < 1.29 is 4.39 Å². The first-order valence-electron chi connectivity index (χ1n) is 10.6. The molecule has 3 aromatic carbocycles. The number of hydrogen-bond acceptors (Lipinski definition) is 3. The van der Waals surface area contributed by atoms with Crippen LogP contribution in [-0.2, 0) is 6.54 Å². The molecule has 0 amide bonds. The van der Waals surface area contributed by atoms with E-state index in [2.05, 4.69) is 52.5 Å². The van der Waals surface area contributed by atoms with E-state index in [4.69, 9.17) is 0 Å². The molecule has 0 aliphatic rings. The van der Waals surface area contributed by atoms with Crippen LogP contribution in [0.5, 0.6) is 0 Å². The van der Waals surface area contributed by atoms with Gasteiger partial charge in [-0.3, -0.25) is 4.98 Å². The van der Waals surface area contributed by atoms with Gasteiger partial charge >= 0.3 is 0 Å². The third kappa shape index (κ3) is 4.21. The number of nitrogens with one attached hydrogen (secondary N) is 1. The first kappa shape index (κ1) is 19.9. The summed E-state index contributed by atoms with van der Waals surface area (Å²) in [6, 6.07) is 27.2. The third-order valence-corrected chi connectivity index (χ3v) is 5.52. The van der Waals surface area contributed by atoms with Crippen molar-refractivity contribution in [1.82, 2.24) is 9.97 Å². The smallest absolute Gasteiger partial charge is 0.134 e. The summed E-state index contributed by atoms with van der Waals surface area (Å²) in [4.78, 5) is 9.15. The molecule has 5 rings (SSSR count). The Bertz CT molecular complexity index is 1390. The van der Waals surface area contributed by atoms with E-state index in [0.717, 1.165) is 44.5 Å². The maximum absolute atomic E-state index is 13.6. The molecular weight excluding hydrogens is 397 g/mol. The van der Waals surface area contributed by atoms with Gasteiger partial charge in [-0.1, -0.05) is 54.1 Å². The van der Waals surface area contributed by atoms with Gasteiger partial charge in [-0.15, -0.1) is 0 Å². The van der Waals surface area contributed by atoms with Gasteiger partial charge in [0.05, 0.1) is 5.69 Å². The lowest BCUT2D eigenvalue weighted by atomic mass is 10.0. The van der Waals surface area contributed by atoms with E-state index in [1.165, 1.54) is 11.6 Å². The number of benzene rings is 3. The lowest BCUT2D eigenvalue weighted by Gasteiger charge is -2.11. The van der Waals surface area contributed by atoms with Crippen LogP contribution in [0.3, 0.4) is 0 Å². The molecule has 0 bridgehead atoms. The summed E-state index contributed by atoms with van der Waals surface area (Å²) in [5.41, 5.74) is 6.22. The Balaban J connectivity index is 1.35. The van der Waals surface area contributed by atoms with Crippen LogP contribution >= 0.6 is 0 Å². The Labute approximate surface area is 186 Å². The lowest BCUT2D eigenvalue weighted by Crippen LogP contribution is -2.02. The predicted molar refractivity (Wildman–Crippen MR) is 129 cm³/mol. The van der Waals surface area contributed by atoms with Crippen LogP contribution in [0.4, 0.5) is 10.2 Å². The van der Waals surface area contributed by atoms with Gasteiger partial charge in [-0.2, -0.15) is 0 Å². The molecule has 4 heteroatoms. The van der Waals surface area contributed by atoms with Crippen LogP contribution in [-0.4, -0.2) is 9.97 Å². The van der Waals surface area contributed by atoms with Gasteiger partial charge in [0.2, 0.25) is 0 Å². The van der Waals surface area contributed by atoms with Crippen molar-refractivity contribution in [2.45, 2.75) is 13.5 Å². The van der Waals surface area contributed by atoms with Crippen molar-refractivity contribution in [3.63, 3.8) is 0 Å². The summed E-state index contributed by atoms with van der Waals surface area (Å²) in [6.45, 7) is 2.71. The number of aromatic nitrogens is 2. The van der Waals surface area contributed by atoms with Crippen molar-refractivity contribution in [2.75, 3.05) is 5.32 Å². The second-order valence-corrected chi connectivity index (χ2v) is 7.88. The zero-order valence-electron chi connectivity index (χ0n) is 17.7. The monoisotopic (exact) mass is 419 g/mol. The van der Waals surface area contributed by atoms with Crippen molar-refractivity contribution in [2.24, 2.45) is 0 Å². The van der Waals surface area contributed by atoms with Crippen LogP contribution in [0, 0.1) is 12.7 Å². The summed E-state index contributed by atoms with van der Waals surface area (Å²) in [5.74, 6) is 0.581. The number of anilines is 1. The number of pyridine rings is 2. The second-order valence-electron chi connectivity index (χ2n) is 7.88. The van der Waals surface area contributed by atoms with Gasteiger partial charge in [0.15, 0.2) is 0 Å². The quantitative estimate of drug-likeness (QED) is 0.332. The SMILES string of the molecule is Cc1cccc(-c2ccc(CNc3nccc4cc(-c5cccc(F)c5)ccc34)cn2)c1. The maximum Gasteiger partial charge on any atom is 0.134 e. The van der Waals surface area contributed by atoms with Gasteiger partial charge in [0.1, 0.15) is 11.6 Å². The highest BCUT2D eigenvalue weighted by Gasteiger charge is 2.06. The maximum atomic E-state index is 13.6. The largest absolute Gasteiger partial charge is 0.365 e. The molecule has 156 valence electrons. The number of rotatable bonds is 5. The van der Waals surface area contributed by atoms with E-state index < -0.39 is 0 Å². The molecule has 2 aromatic heterocycles. The molecule has 0 saturated heterocycles. The molecule has 0 spiro atoms. The first-order valence-corrected chi connectivity index (χ1v) is 10.6. The molecular formula is C28H22FN3. The number of nitrogens with zero attached hydrogens (tertiary/aromatic N) is 2. The molecule has 0 fully saturated rings. The first-order chi connectivity index (χ1) is 15.7. The van der Waals surface area contributed by atoms with Crippen molar-refractivity contribution in [1.29, 1.82) is 0 Å². The summed E-state index contributed by atoms with van der Waals surface area (Å²) in [7, 11) is 0. The minimum Gasteiger partial charge on any atom is -0.365 e. The molecule has 0 aliphatic heterocycles. The topological polar surface area (TPSA) is 37.8 Å². The van der Waals surface area contributed by atoms with Crippen LogP contribution in [0.15, 0.2) is 97.3 Å². The molecule has 0 atom stereocenters. The van der Waals surface area contributed by atoms with Gasteiger partial charge < -0.3 is 5.32 Å². The van der Waals surface area contributed by atoms with Crippen molar-refractivity contribution in [3.8, 4) is 22.4 Å².